The maximum atomic E-state index is 10.5. The molecule has 0 spiro atoms. The number of hydrogen-bond donors (Lipinski definition) is 1. The maximum Gasteiger partial charge on any atom is 0.220 e. The van der Waals surface area contributed by atoms with Crippen LogP contribution in [0.25, 0.3) is 0 Å². The van der Waals surface area contributed by atoms with E-state index in [-0.39, 0.29) is 5.91 Å². The molecule has 0 aliphatic rings. The molecule has 0 fully saturated rings. The van der Waals surface area contributed by atoms with Gasteiger partial charge in [0, 0.05) is 12.6 Å². The Balaban J connectivity index is 3.97. The molecule has 0 aromatic carbocycles. The molecule has 64 valence electrons. The molecule has 0 aromatic heterocycles. The van der Waals surface area contributed by atoms with Crippen molar-refractivity contribution in [1.82, 2.24) is 5.32 Å². The van der Waals surface area contributed by atoms with Gasteiger partial charge in [0.15, 0.2) is 0 Å². The van der Waals surface area contributed by atoms with Crippen molar-refractivity contribution in [2.45, 2.75) is 20.8 Å². The van der Waals surface area contributed by atoms with Gasteiger partial charge in [-0.1, -0.05) is 12.0 Å². The van der Waals surface area contributed by atoms with E-state index < -0.39 is 0 Å². The molecule has 2 nitrogen and oxygen atoms in total. The van der Waals surface area contributed by atoms with E-state index in [0.717, 1.165) is 5.70 Å². The van der Waals surface area contributed by atoms with Crippen LogP contribution in [0.5, 0.6) is 0 Å². The van der Waals surface area contributed by atoms with Gasteiger partial charge in [-0.3, -0.25) is 4.79 Å². The van der Waals surface area contributed by atoms with Gasteiger partial charge in [0.25, 0.3) is 0 Å². The van der Waals surface area contributed by atoms with E-state index in [1.54, 1.807) is 25.2 Å². The maximum absolute atomic E-state index is 10.5. The van der Waals surface area contributed by atoms with E-state index in [2.05, 4.69) is 17.2 Å². The largest absolute Gasteiger partial charge is 0.330 e. The molecule has 0 aliphatic heterocycles. The van der Waals surface area contributed by atoms with Crippen molar-refractivity contribution in [2.75, 3.05) is 0 Å². The fourth-order valence-corrected chi connectivity index (χ4v) is 0.643. The first kappa shape index (κ1) is 10.5. The summed E-state index contributed by atoms with van der Waals surface area (Å²) in [7, 11) is 0. The van der Waals surface area contributed by atoms with Crippen molar-refractivity contribution >= 4 is 5.91 Å². The summed E-state index contributed by atoms with van der Waals surface area (Å²) in [5, 5.41) is 2.64. The molecule has 1 amide bonds. The number of carbonyl (C=O) groups is 1. The molecule has 0 aromatic rings. The minimum absolute atomic E-state index is 0.0567. The minimum atomic E-state index is -0.0567. The zero-order valence-corrected chi connectivity index (χ0v) is 7.64. The standard InChI is InChI=1S/C10H13NO/c1-4-5-6-7-8-9(2)11-10(3)12/h6-8H,1-3H3,(H,11,12)/b7-6-,9-8+. The molecular formula is C10H13NO. The lowest BCUT2D eigenvalue weighted by Gasteiger charge is -1.97. The first-order chi connectivity index (χ1) is 5.66. The van der Waals surface area contributed by atoms with Gasteiger partial charge >= 0.3 is 0 Å². The number of hydrogen-bond acceptors (Lipinski definition) is 1. The second-order valence-corrected chi connectivity index (χ2v) is 2.28. The molecule has 0 saturated heterocycles. The highest BCUT2D eigenvalue weighted by molar-refractivity contribution is 5.74. The van der Waals surface area contributed by atoms with E-state index in [9.17, 15) is 4.79 Å². The van der Waals surface area contributed by atoms with Gasteiger partial charge in [0.1, 0.15) is 0 Å². The summed E-state index contributed by atoms with van der Waals surface area (Å²) in [6.45, 7) is 5.08. The van der Waals surface area contributed by atoms with Crippen LogP contribution < -0.4 is 5.32 Å². The number of carbonyl (C=O) groups excluding carboxylic acids is 1. The van der Waals surface area contributed by atoms with Crippen LogP contribution >= 0.6 is 0 Å². The fraction of sp³-hybridized carbons (Fsp3) is 0.300. The van der Waals surface area contributed by atoms with Crippen molar-refractivity contribution in [1.29, 1.82) is 0 Å². The van der Waals surface area contributed by atoms with Crippen LogP contribution in [0.3, 0.4) is 0 Å². The summed E-state index contributed by atoms with van der Waals surface area (Å²) in [6, 6.07) is 0. The molecule has 12 heavy (non-hydrogen) atoms. The predicted octanol–water partition coefficient (Wildman–Crippen LogP) is 1.61. The van der Waals surface area contributed by atoms with Gasteiger partial charge in [-0.15, -0.1) is 5.92 Å². The Morgan fingerprint density at radius 2 is 2.08 bits per heavy atom. The van der Waals surface area contributed by atoms with Crippen molar-refractivity contribution in [3.8, 4) is 11.8 Å². The molecule has 0 bridgehead atoms. The summed E-state index contributed by atoms with van der Waals surface area (Å²) < 4.78 is 0. The van der Waals surface area contributed by atoms with Gasteiger partial charge in [-0.05, 0) is 26.0 Å². The van der Waals surface area contributed by atoms with E-state index in [0.29, 0.717) is 0 Å². The van der Waals surface area contributed by atoms with Gasteiger partial charge in [0.05, 0.1) is 0 Å². The molecule has 0 heterocycles. The van der Waals surface area contributed by atoms with Crippen LogP contribution in [0, 0.1) is 11.8 Å². The molecule has 2 heteroatoms. The number of amides is 1. The highest BCUT2D eigenvalue weighted by atomic mass is 16.1. The molecular weight excluding hydrogens is 150 g/mol. The van der Waals surface area contributed by atoms with Crippen LogP contribution in [0.15, 0.2) is 23.9 Å². The Hall–Kier alpha value is -1.49. The van der Waals surface area contributed by atoms with Crippen LogP contribution in [0.1, 0.15) is 20.8 Å². The average Bonchev–Trinajstić information content (AvgIpc) is 1.97. The minimum Gasteiger partial charge on any atom is -0.330 e. The number of rotatable bonds is 2. The smallest absolute Gasteiger partial charge is 0.220 e. The normalized spacial score (nSPS) is 10.8. The summed E-state index contributed by atoms with van der Waals surface area (Å²) in [5.41, 5.74) is 0.816. The van der Waals surface area contributed by atoms with Crippen LogP contribution in [-0.4, -0.2) is 5.91 Å². The topological polar surface area (TPSA) is 29.1 Å². The highest BCUT2D eigenvalue weighted by Crippen LogP contribution is 1.86. The van der Waals surface area contributed by atoms with Crippen molar-refractivity contribution < 1.29 is 4.79 Å². The van der Waals surface area contributed by atoms with Crippen molar-refractivity contribution in [3.63, 3.8) is 0 Å². The Morgan fingerprint density at radius 1 is 1.42 bits per heavy atom. The Morgan fingerprint density at radius 3 is 2.58 bits per heavy atom. The Bertz CT molecular complexity index is 263. The average molecular weight is 163 g/mol. The quantitative estimate of drug-likeness (QED) is 0.486. The van der Waals surface area contributed by atoms with Crippen molar-refractivity contribution in [3.05, 3.63) is 23.9 Å². The summed E-state index contributed by atoms with van der Waals surface area (Å²) in [5.74, 6) is 5.44. The zero-order valence-electron chi connectivity index (χ0n) is 7.64. The van der Waals surface area contributed by atoms with Crippen LogP contribution in [0.4, 0.5) is 0 Å². The van der Waals surface area contributed by atoms with E-state index in [4.69, 9.17) is 0 Å². The first-order valence-corrected chi connectivity index (χ1v) is 3.70. The molecule has 0 saturated carbocycles. The zero-order chi connectivity index (χ0) is 9.40. The van der Waals surface area contributed by atoms with Crippen molar-refractivity contribution in [2.24, 2.45) is 0 Å². The number of allylic oxidation sites excluding steroid dienone is 4. The molecule has 0 unspecified atom stereocenters. The lowest BCUT2D eigenvalue weighted by atomic mass is 10.4. The molecule has 0 radical (unpaired) electrons. The summed E-state index contributed by atoms with van der Waals surface area (Å²) in [6.07, 6.45) is 5.32. The molecule has 0 rings (SSSR count). The third-order valence-corrected chi connectivity index (χ3v) is 1.04. The third-order valence-electron chi connectivity index (χ3n) is 1.04. The lowest BCUT2D eigenvalue weighted by molar-refractivity contribution is -0.118. The van der Waals surface area contributed by atoms with Crippen LogP contribution in [0.2, 0.25) is 0 Å². The molecule has 0 aliphatic carbocycles. The highest BCUT2D eigenvalue weighted by Gasteiger charge is 1.88. The Labute approximate surface area is 73.4 Å². The SMILES string of the molecule is CC#C/C=C\C=C(/C)NC(C)=O. The first-order valence-electron chi connectivity index (χ1n) is 3.70. The summed E-state index contributed by atoms with van der Waals surface area (Å²) in [4.78, 5) is 10.5. The third kappa shape index (κ3) is 6.63. The molecule has 1 N–H and O–H groups in total. The van der Waals surface area contributed by atoms with E-state index in [1.165, 1.54) is 6.92 Å². The second-order valence-electron chi connectivity index (χ2n) is 2.28. The van der Waals surface area contributed by atoms with E-state index in [1.807, 2.05) is 6.92 Å². The van der Waals surface area contributed by atoms with Gasteiger partial charge in [-0.25, -0.2) is 0 Å². The molecule has 0 atom stereocenters. The van der Waals surface area contributed by atoms with Gasteiger partial charge in [-0.2, -0.15) is 0 Å². The summed E-state index contributed by atoms with van der Waals surface area (Å²) >= 11 is 0. The predicted molar refractivity (Wildman–Crippen MR) is 50.2 cm³/mol. The lowest BCUT2D eigenvalue weighted by Crippen LogP contribution is -2.16. The fourth-order valence-electron chi connectivity index (χ4n) is 0.643. The van der Waals surface area contributed by atoms with Gasteiger partial charge < -0.3 is 5.32 Å². The monoisotopic (exact) mass is 163 g/mol. The second kappa shape index (κ2) is 6.23. The van der Waals surface area contributed by atoms with Gasteiger partial charge in [0.2, 0.25) is 5.91 Å². The Kier molecular flexibility index (Phi) is 5.46. The van der Waals surface area contributed by atoms with E-state index >= 15 is 0 Å². The van der Waals surface area contributed by atoms with Crippen LogP contribution in [-0.2, 0) is 4.79 Å². The number of nitrogens with one attached hydrogen (secondary N) is 1.